The fourth-order valence-electron chi connectivity index (χ4n) is 2.48. The van der Waals surface area contributed by atoms with Gasteiger partial charge in [-0.2, -0.15) is 0 Å². The summed E-state index contributed by atoms with van der Waals surface area (Å²) in [6, 6.07) is 3.52. The topological polar surface area (TPSA) is 89.0 Å². The largest absolute Gasteiger partial charge is 0.376 e. The molecular formula is C16H19N5O2. The van der Waals surface area contributed by atoms with Crippen LogP contribution in [0.4, 0.5) is 4.79 Å². The highest BCUT2D eigenvalue weighted by atomic mass is 16.5. The summed E-state index contributed by atoms with van der Waals surface area (Å²) in [5.41, 5.74) is 2.30. The molecule has 7 heteroatoms. The number of amides is 2. The Kier molecular flexibility index (Phi) is 5.10. The third-order valence-corrected chi connectivity index (χ3v) is 3.64. The van der Waals surface area contributed by atoms with Gasteiger partial charge >= 0.3 is 6.03 Å². The van der Waals surface area contributed by atoms with Crippen LogP contribution in [-0.2, 0) is 11.3 Å². The van der Waals surface area contributed by atoms with Crippen LogP contribution < -0.4 is 10.6 Å². The third-order valence-electron chi connectivity index (χ3n) is 3.64. The molecule has 1 saturated heterocycles. The second-order valence-corrected chi connectivity index (χ2v) is 5.29. The van der Waals surface area contributed by atoms with Crippen molar-refractivity contribution < 1.29 is 9.53 Å². The maximum absolute atomic E-state index is 11.9. The Hall–Kier alpha value is -2.54. The zero-order chi connectivity index (χ0) is 15.9. The van der Waals surface area contributed by atoms with Gasteiger partial charge < -0.3 is 15.4 Å². The van der Waals surface area contributed by atoms with Gasteiger partial charge in [0.2, 0.25) is 0 Å². The summed E-state index contributed by atoms with van der Waals surface area (Å²) in [5.74, 6) is 0. The molecule has 0 bridgehead atoms. The summed E-state index contributed by atoms with van der Waals surface area (Å²) in [5, 5.41) is 5.62. The van der Waals surface area contributed by atoms with E-state index < -0.39 is 0 Å². The van der Waals surface area contributed by atoms with Gasteiger partial charge in [0, 0.05) is 43.5 Å². The van der Waals surface area contributed by atoms with Gasteiger partial charge in [-0.1, -0.05) is 0 Å². The van der Waals surface area contributed by atoms with Crippen LogP contribution in [0.3, 0.4) is 0 Å². The average molecular weight is 313 g/mol. The first-order chi connectivity index (χ1) is 11.3. The van der Waals surface area contributed by atoms with Crippen LogP contribution in [0.25, 0.3) is 11.3 Å². The minimum absolute atomic E-state index is 0.128. The molecule has 3 rings (SSSR count). The first-order valence-electron chi connectivity index (χ1n) is 7.66. The monoisotopic (exact) mass is 313 g/mol. The number of nitrogens with zero attached hydrogens (tertiary/aromatic N) is 3. The molecule has 3 heterocycles. The van der Waals surface area contributed by atoms with E-state index in [4.69, 9.17) is 4.74 Å². The van der Waals surface area contributed by atoms with Crippen LogP contribution in [0.1, 0.15) is 18.5 Å². The van der Waals surface area contributed by atoms with Gasteiger partial charge in [-0.05, 0) is 25.0 Å². The molecule has 0 saturated carbocycles. The van der Waals surface area contributed by atoms with E-state index in [9.17, 15) is 4.79 Å². The summed E-state index contributed by atoms with van der Waals surface area (Å²) >= 11 is 0. The number of rotatable bonds is 5. The molecule has 0 unspecified atom stereocenters. The van der Waals surface area contributed by atoms with E-state index in [-0.39, 0.29) is 12.1 Å². The van der Waals surface area contributed by atoms with Crippen LogP contribution in [0.2, 0.25) is 0 Å². The fraction of sp³-hybridized carbons (Fsp3) is 0.375. The Labute approximate surface area is 134 Å². The minimum atomic E-state index is -0.233. The molecule has 120 valence electrons. The van der Waals surface area contributed by atoms with Crippen LogP contribution >= 0.6 is 0 Å². The molecule has 1 aliphatic heterocycles. The smallest absolute Gasteiger partial charge is 0.315 e. The quantitative estimate of drug-likeness (QED) is 0.873. The van der Waals surface area contributed by atoms with Gasteiger partial charge in [0.25, 0.3) is 0 Å². The number of aromatic nitrogens is 3. The lowest BCUT2D eigenvalue weighted by Gasteiger charge is -2.12. The van der Waals surface area contributed by atoms with Crippen molar-refractivity contribution in [3.8, 4) is 11.3 Å². The SMILES string of the molecule is O=C(NCc1nccnc1-c1cccnc1)NC[C@@H]1CCCO1. The van der Waals surface area contributed by atoms with Gasteiger partial charge in [0.15, 0.2) is 0 Å². The first kappa shape index (κ1) is 15.4. The van der Waals surface area contributed by atoms with Crippen LogP contribution in [0, 0.1) is 0 Å². The highest BCUT2D eigenvalue weighted by Gasteiger charge is 2.16. The molecule has 2 amide bonds. The van der Waals surface area contributed by atoms with Gasteiger partial charge in [-0.25, -0.2) is 4.79 Å². The number of nitrogens with one attached hydrogen (secondary N) is 2. The van der Waals surface area contributed by atoms with Crippen LogP contribution in [0.5, 0.6) is 0 Å². The van der Waals surface area contributed by atoms with Crippen LogP contribution in [-0.4, -0.2) is 40.2 Å². The molecule has 0 radical (unpaired) electrons. The van der Waals surface area contributed by atoms with Gasteiger partial charge in [-0.3, -0.25) is 15.0 Å². The Morgan fingerprint density at radius 3 is 2.96 bits per heavy atom. The van der Waals surface area contributed by atoms with Crippen LogP contribution in [0.15, 0.2) is 36.9 Å². The van der Waals surface area contributed by atoms with Crippen molar-refractivity contribution in [3.63, 3.8) is 0 Å². The fourth-order valence-corrected chi connectivity index (χ4v) is 2.48. The zero-order valence-corrected chi connectivity index (χ0v) is 12.7. The number of urea groups is 1. The summed E-state index contributed by atoms with van der Waals surface area (Å²) in [4.78, 5) is 24.6. The van der Waals surface area contributed by atoms with E-state index in [1.807, 2.05) is 12.1 Å². The van der Waals surface area contributed by atoms with Crippen molar-refractivity contribution in [1.29, 1.82) is 0 Å². The number of carbonyl (C=O) groups is 1. The van der Waals surface area contributed by atoms with Gasteiger partial charge in [-0.15, -0.1) is 0 Å². The van der Waals surface area contributed by atoms with Crippen molar-refractivity contribution in [2.75, 3.05) is 13.2 Å². The maximum Gasteiger partial charge on any atom is 0.315 e. The Balaban J connectivity index is 1.56. The highest BCUT2D eigenvalue weighted by molar-refractivity contribution is 5.74. The molecule has 0 aliphatic carbocycles. The molecule has 2 aromatic heterocycles. The average Bonchev–Trinajstić information content (AvgIpc) is 3.13. The van der Waals surface area contributed by atoms with Gasteiger partial charge in [0.1, 0.15) is 0 Å². The molecular weight excluding hydrogens is 294 g/mol. The minimum Gasteiger partial charge on any atom is -0.376 e. The summed E-state index contributed by atoms with van der Waals surface area (Å²) in [7, 11) is 0. The number of ether oxygens (including phenoxy) is 1. The summed E-state index contributed by atoms with van der Waals surface area (Å²) < 4.78 is 5.47. The first-order valence-corrected chi connectivity index (χ1v) is 7.66. The van der Waals surface area contributed by atoms with E-state index in [1.54, 1.807) is 24.8 Å². The van der Waals surface area contributed by atoms with Crippen molar-refractivity contribution in [2.24, 2.45) is 0 Å². The standard InChI is InChI=1S/C16H19N5O2/c22-16(20-10-13-4-2-8-23-13)21-11-14-15(19-7-6-18-14)12-3-1-5-17-9-12/h1,3,5-7,9,13H,2,4,8,10-11H2,(H2,20,21,22)/t13-/m0/s1. The normalized spacial score (nSPS) is 17.0. The highest BCUT2D eigenvalue weighted by Crippen LogP contribution is 2.17. The molecule has 2 N–H and O–H groups in total. The maximum atomic E-state index is 11.9. The molecule has 1 fully saturated rings. The lowest BCUT2D eigenvalue weighted by molar-refractivity contribution is 0.111. The van der Waals surface area contributed by atoms with Crippen molar-refractivity contribution in [2.45, 2.75) is 25.5 Å². The lowest BCUT2D eigenvalue weighted by Crippen LogP contribution is -2.39. The zero-order valence-electron chi connectivity index (χ0n) is 12.7. The lowest BCUT2D eigenvalue weighted by atomic mass is 10.1. The molecule has 0 spiro atoms. The molecule has 2 aromatic rings. The van der Waals surface area contributed by atoms with E-state index in [1.165, 1.54) is 0 Å². The molecule has 1 atom stereocenters. The Bertz CT molecular complexity index is 644. The molecule has 23 heavy (non-hydrogen) atoms. The predicted octanol–water partition coefficient (Wildman–Crippen LogP) is 1.52. The summed E-state index contributed by atoms with van der Waals surface area (Å²) in [6.07, 6.45) is 8.85. The van der Waals surface area contributed by atoms with E-state index >= 15 is 0 Å². The molecule has 7 nitrogen and oxygen atoms in total. The van der Waals surface area contributed by atoms with E-state index in [0.717, 1.165) is 30.7 Å². The number of hydrogen-bond donors (Lipinski definition) is 2. The molecule has 0 aromatic carbocycles. The summed E-state index contributed by atoms with van der Waals surface area (Å²) in [6.45, 7) is 1.61. The Morgan fingerprint density at radius 1 is 1.26 bits per heavy atom. The Morgan fingerprint density at radius 2 is 2.17 bits per heavy atom. The number of carbonyl (C=O) groups excluding carboxylic acids is 1. The van der Waals surface area contributed by atoms with Crippen molar-refractivity contribution >= 4 is 6.03 Å². The van der Waals surface area contributed by atoms with E-state index in [0.29, 0.717) is 18.8 Å². The second kappa shape index (κ2) is 7.64. The van der Waals surface area contributed by atoms with Crippen molar-refractivity contribution in [3.05, 3.63) is 42.6 Å². The number of hydrogen-bond acceptors (Lipinski definition) is 5. The third kappa shape index (κ3) is 4.23. The molecule has 1 aliphatic rings. The second-order valence-electron chi connectivity index (χ2n) is 5.29. The van der Waals surface area contributed by atoms with E-state index in [2.05, 4.69) is 25.6 Å². The van der Waals surface area contributed by atoms with Gasteiger partial charge in [0.05, 0.1) is 24.0 Å². The van der Waals surface area contributed by atoms with Crippen molar-refractivity contribution in [1.82, 2.24) is 25.6 Å². The number of pyridine rings is 1. The predicted molar refractivity (Wildman–Crippen MR) is 84.5 cm³/mol.